The van der Waals surface area contributed by atoms with E-state index in [0.717, 1.165) is 16.8 Å². The number of benzene rings is 2. The minimum Gasteiger partial charge on any atom is -0.497 e. The Bertz CT molecular complexity index is 1550. The molecule has 0 radical (unpaired) electrons. The summed E-state index contributed by atoms with van der Waals surface area (Å²) in [4.78, 5) is 27.5. The predicted octanol–water partition coefficient (Wildman–Crippen LogP) is 4.89. The maximum Gasteiger partial charge on any atom is 0.234 e. The molecule has 11 heteroatoms. The SMILES string of the molecule is COc1cccc(NC(=O)CSc2nnc(N3C(N)=C(C#N)C(c4ccccc4C)C4=C3CCCC4=O)s2)c1. The second-order valence-corrected chi connectivity index (χ2v) is 11.3. The topological polar surface area (TPSA) is 134 Å². The number of rotatable bonds is 7. The molecule has 3 N–H and O–H groups in total. The van der Waals surface area contributed by atoms with Gasteiger partial charge in [0, 0.05) is 29.4 Å². The maximum atomic E-state index is 13.3. The van der Waals surface area contributed by atoms with Crippen LogP contribution >= 0.6 is 23.1 Å². The molecule has 0 bridgehead atoms. The van der Waals surface area contributed by atoms with Gasteiger partial charge < -0.3 is 15.8 Å². The number of amides is 1. The number of carbonyl (C=O) groups excluding carboxylic acids is 2. The lowest BCUT2D eigenvalue weighted by Gasteiger charge is -2.38. The Morgan fingerprint density at radius 1 is 1.26 bits per heavy atom. The van der Waals surface area contributed by atoms with Gasteiger partial charge in [0.15, 0.2) is 10.1 Å². The van der Waals surface area contributed by atoms with Crippen molar-refractivity contribution in [3.63, 3.8) is 0 Å². The van der Waals surface area contributed by atoms with Crippen LogP contribution in [0.25, 0.3) is 0 Å². The molecule has 1 amide bonds. The van der Waals surface area contributed by atoms with Crippen LogP contribution in [0.2, 0.25) is 0 Å². The van der Waals surface area contributed by atoms with Crippen LogP contribution in [-0.4, -0.2) is 34.8 Å². The molecule has 0 spiro atoms. The number of nitriles is 1. The average Bonchev–Trinajstić information content (AvgIpc) is 3.40. The highest BCUT2D eigenvalue weighted by atomic mass is 32.2. The number of hydrogen-bond acceptors (Lipinski definition) is 10. The molecule has 1 unspecified atom stereocenters. The second kappa shape index (κ2) is 11.3. The molecule has 0 fully saturated rings. The van der Waals surface area contributed by atoms with Crippen LogP contribution in [0.5, 0.6) is 5.75 Å². The molecule has 1 aliphatic carbocycles. The number of Topliss-reactive ketones (excluding diaryl/α,β-unsaturated/α-hetero) is 1. The first-order valence-corrected chi connectivity index (χ1v) is 14.1. The van der Waals surface area contributed by atoms with E-state index in [2.05, 4.69) is 21.6 Å². The van der Waals surface area contributed by atoms with Crippen LogP contribution in [-0.2, 0) is 9.59 Å². The third-order valence-electron chi connectivity index (χ3n) is 6.68. The van der Waals surface area contributed by atoms with Crippen LogP contribution in [0.15, 0.2) is 75.5 Å². The van der Waals surface area contributed by atoms with E-state index < -0.39 is 5.92 Å². The quantitative estimate of drug-likeness (QED) is 0.389. The third kappa shape index (κ3) is 5.26. The monoisotopic (exact) mass is 558 g/mol. The minimum atomic E-state index is -0.516. The summed E-state index contributed by atoms with van der Waals surface area (Å²) in [6, 6.07) is 17.2. The minimum absolute atomic E-state index is 0.0167. The second-order valence-electron chi connectivity index (χ2n) is 9.09. The number of carbonyl (C=O) groups is 2. The van der Waals surface area contributed by atoms with E-state index in [0.29, 0.717) is 51.3 Å². The van der Waals surface area contributed by atoms with Crippen molar-refractivity contribution >= 4 is 45.6 Å². The first kappa shape index (κ1) is 26.5. The lowest BCUT2D eigenvalue weighted by molar-refractivity contribution is -0.116. The lowest BCUT2D eigenvalue weighted by atomic mass is 9.75. The van der Waals surface area contributed by atoms with Crippen molar-refractivity contribution in [1.82, 2.24) is 10.2 Å². The van der Waals surface area contributed by atoms with Crippen LogP contribution in [0.3, 0.4) is 0 Å². The normalized spacial score (nSPS) is 17.1. The Hall–Kier alpha value is -4.14. The third-order valence-corrected chi connectivity index (χ3v) is 8.72. The van der Waals surface area contributed by atoms with Crippen LogP contribution < -0.4 is 20.7 Å². The predicted molar refractivity (Wildman–Crippen MR) is 151 cm³/mol. The molecule has 1 aromatic heterocycles. The van der Waals surface area contributed by atoms with E-state index in [-0.39, 0.29) is 23.3 Å². The summed E-state index contributed by atoms with van der Waals surface area (Å²) in [6.45, 7) is 1.97. The zero-order valence-electron chi connectivity index (χ0n) is 21.4. The number of aryl methyl sites for hydroxylation is 1. The largest absolute Gasteiger partial charge is 0.497 e. The van der Waals surface area contributed by atoms with Crippen molar-refractivity contribution in [3.05, 3.63) is 82.3 Å². The molecule has 2 heterocycles. The summed E-state index contributed by atoms with van der Waals surface area (Å²) in [7, 11) is 1.57. The van der Waals surface area contributed by atoms with Crippen LogP contribution in [0, 0.1) is 18.3 Å². The van der Waals surface area contributed by atoms with E-state index in [1.165, 1.54) is 23.1 Å². The van der Waals surface area contributed by atoms with Gasteiger partial charge in [-0.3, -0.25) is 14.5 Å². The van der Waals surface area contributed by atoms with Gasteiger partial charge in [-0.1, -0.05) is 53.4 Å². The van der Waals surface area contributed by atoms with Crippen molar-refractivity contribution in [2.24, 2.45) is 5.73 Å². The molecule has 1 atom stereocenters. The number of nitrogens with one attached hydrogen (secondary N) is 1. The fourth-order valence-electron chi connectivity index (χ4n) is 4.90. The molecule has 2 aromatic carbocycles. The van der Waals surface area contributed by atoms with E-state index in [1.807, 2.05) is 31.2 Å². The highest BCUT2D eigenvalue weighted by Crippen LogP contribution is 2.47. The van der Waals surface area contributed by atoms with Crippen molar-refractivity contribution in [2.75, 3.05) is 23.1 Å². The van der Waals surface area contributed by atoms with Gasteiger partial charge in [-0.25, -0.2) is 0 Å². The van der Waals surface area contributed by atoms with Gasteiger partial charge in [-0.15, -0.1) is 10.2 Å². The molecule has 39 heavy (non-hydrogen) atoms. The van der Waals surface area contributed by atoms with Gasteiger partial charge in [-0.2, -0.15) is 5.26 Å². The molecule has 2 aliphatic rings. The Labute approximate surface area is 234 Å². The lowest BCUT2D eigenvalue weighted by Crippen LogP contribution is -2.38. The number of anilines is 2. The number of allylic oxidation sites excluding steroid dienone is 3. The number of thioether (sulfide) groups is 1. The Balaban J connectivity index is 1.41. The van der Waals surface area contributed by atoms with E-state index in [4.69, 9.17) is 10.5 Å². The fourth-order valence-corrected chi connectivity index (χ4v) is 6.58. The van der Waals surface area contributed by atoms with E-state index >= 15 is 0 Å². The molecule has 9 nitrogen and oxygen atoms in total. The fraction of sp³-hybridized carbons (Fsp3) is 0.250. The summed E-state index contributed by atoms with van der Waals surface area (Å²) < 4.78 is 5.77. The summed E-state index contributed by atoms with van der Waals surface area (Å²) in [5.74, 6) is 0.335. The summed E-state index contributed by atoms with van der Waals surface area (Å²) in [6.07, 6.45) is 1.75. The maximum absolute atomic E-state index is 13.3. The zero-order chi connectivity index (χ0) is 27.5. The van der Waals surface area contributed by atoms with Crippen molar-refractivity contribution in [1.29, 1.82) is 5.26 Å². The highest BCUT2D eigenvalue weighted by Gasteiger charge is 2.41. The Morgan fingerprint density at radius 2 is 2.08 bits per heavy atom. The van der Waals surface area contributed by atoms with Gasteiger partial charge in [0.2, 0.25) is 11.0 Å². The van der Waals surface area contributed by atoms with Crippen molar-refractivity contribution < 1.29 is 14.3 Å². The van der Waals surface area contributed by atoms with E-state index in [1.54, 1.807) is 36.3 Å². The highest BCUT2D eigenvalue weighted by molar-refractivity contribution is 8.01. The number of aromatic nitrogens is 2. The summed E-state index contributed by atoms with van der Waals surface area (Å²) in [5.41, 5.74) is 10.8. The Kier molecular flexibility index (Phi) is 7.67. The number of hydrogen-bond donors (Lipinski definition) is 2. The van der Waals surface area contributed by atoms with Gasteiger partial charge >= 0.3 is 0 Å². The summed E-state index contributed by atoms with van der Waals surface area (Å²) >= 11 is 2.51. The number of ketones is 1. The molecule has 0 saturated heterocycles. The van der Waals surface area contributed by atoms with Crippen LogP contribution in [0.1, 0.15) is 36.3 Å². The summed E-state index contributed by atoms with van der Waals surface area (Å²) in [5, 5.41) is 22.1. The molecular weight excluding hydrogens is 532 g/mol. The van der Waals surface area contributed by atoms with Gasteiger partial charge in [0.25, 0.3) is 0 Å². The number of ether oxygens (including phenoxy) is 1. The van der Waals surface area contributed by atoms with Crippen molar-refractivity contribution in [3.8, 4) is 11.8 Å². The molecule has 1 aliphatic heterocycles. The first-order chi connectivity index (χ1) is 18.9. The molecule has 3 aromatic rings. The molecule has 5 rings (SSSR count). The Morgan fingerprint density at radius 3 is 2.85 bits per heavy atom. The average molecular weight is 559 g/mol. The van der Waals surface area contributed by atoms with Gasteiger partial charge in [-0.05, 0) is 43.0 Å². The van der Waals surface area contributed by atoms with Crippen molar-refractivity contribution in [2.45, 2.75) is 36.4 Å². The van der Waals surface area contributed by atoms with Gasteiger partial charge in [0.05, 0.1) is 30.4 Å². The van der Waals surface area contributed by atoms with E-state index in [9.17, 15) is 14.9 Å². The van der Waals surface area contributed by atoms with Crippen LogP contribution in [0.4, 0.5) is 10.8 Å². The molecule has 0 saturated carbocycles. The van der Waals surface area contributed by atoms with Gasteiger partial charge in [0.1, 0.15) is 11.6 Å². The number of nitrogens with two attached hydrogens (primary N) is 1. The zero-order valence-corrected chi connectivity index (χ0v) is 23.1. The number of methoxy groups -OCH3 is 1. The molecular formula is C28H26N6O3S2. The first-order valence-electron chi connectivity index (χ1n) is 12.3. The molecule has 198 valence electrons. The smallest absolute Gasteiger partial charge is 0.234 e. The standard InChI is InChI=1S/C28H26N6O3S2/c1-16-7-3-4-10-19(16)24-20(14-29)26(30)34(21-11-6-12-22(35)25(21)24)27-32-33-28(39-27)38-15-23(36)31-17-8-5-9-18(13-17)37-2/h3-5,7-10,13,24H,6,11-12,15,30H2,1-2H3,(H,31,36). The number of nitrogens with zero attached hydrogens (tertiary/aromatic N) is 4.